The molecule has 3 rings (SSSR count). The lowest BCUT2D eigenvalue weighted by molar-refractivity contribution is -0.0131. The van der Waals surface area contributed by atoms with E-state index in [0.717, 1.165) is 18.3 Å². The van der Waals surface area contributed by atoms with Gasteiger partial charge in [-0.05, 0) is 83.0 Å². The molecule has 0 spiro atoms. The Morgan fingerprint density at radius 1 is 0.905 bits per heavy atom. The van der Waals surface area contributed by atoms with Gasteiger partial charge < -0.3 is 10.0 Å². The van der Waals surface area contributed by atoms with E-state index in [2.05, 4.69) is 16.7 Å². The number of aliphatic hydroxyl groups is 1. The molecule has 3 aliphatic rings. The van der Waals surface area contributed by atoms with Gasteiger partial charge in [-0.25, -0.2) is 0 Å². The maximum absolute atomic E-state index is 10.4. The van der Waals surface area contributed by atoms with Crippen molar-refractivity contribution < 1.29 is 5.11 Å². The van der Waals surface area contributed by atoms with Crippen LogP contribution in [0.4, 0.5) is 0 Å². The van der Waals surface area contributed by atoms with E-state index in [1.807, 2.05) is 0 Å². The predicted octanol–water partition coefficient (Wildman–Crippen LogP) is 2.73. The summed E-state index contributed by atoms with van der Waals surface area (Å²) >= 11 is 0. The Morgan fingerprint density at radius 3 is 2.29 bits per heavy atom. The van der Waals surface area contributed by atoms with Crippen LogP contribution in [0, 0.1) is 11.8 Å². The highest BCUT2D eigenvalue weighted by Crippen LogP contribution is 2.32. The smallest absolute Gasteiger partial charge is 0.0695 e. The first-order valence-electron chi connectivity index (χ1n) is 9.40. The summed E-state index contributed by atoms with van der Waals surface area (Å²) in [6.07, 6.45) is 10.2. The molecule has 2 aliphatic heterocycles. The second kappa shape index (κ2) is 7.43. The zero-order chi connectivity index (χ0) is 14.7. The Balaban J connectivity index is 1.45. The number of hydrogen-bond donors (Lipinski definition) is 1. The van der Waals surface area contributed by atoms with Gasteiger partial charge in [-0.2, -0.15) is 0 Å². The van der Waals surface area contributed by atoms with Crippen molar-refractivity contribution in [3.05, 3.63) is 0 Å². The fourth-order valence-electron chi connectivity index (χ4n) is 4.78. The van der Waals surface area contributed by atoms with Crippen molar-refractivity contribution in [2.24, 2.45) is 11.8 Å². The van der Waals surface area contributed by atoms with Crippen LogP contribution in [0.15, 0.2) is 0 Å². The van der Waals surface area contributed by atoms with Crippen LogP contribution in [-0.4, -0.2) is 59.8 Å². The number of likely N-dealkylation sites (tertiary alicyclic amines) is 2. The topological polar surface area (TPSA) is 26.7 Å². The van der Waals surface area contributed by atoms with Gasteiger partial charge in [0.25, 0.3) is 0 Å². The first-order valence-corrected chi connectivity index (χ1v) is 9.40. The lowest BCUT2D eigenvalue weighted by atomic mass is 9.80. The zero-order valence-electron chi connectivity index (χ0n) is 13.8. The number of rotatable bonds is 4. The third-order valence-corrected chi connectivity index (χ3v) is 6.30. The predicted molar refractivity (Wildman–Crippen MR) is 87.4 cm³/mol. The van der Waals surface area contributed by atoms with Gasteiger partial charge in [0.2, 0.25) is 0 Å². The molecule has 3 unspecified atom stereocenters. The Labute approximate surface area is 130 Å². The quantitative estimate of drug-likeness (QED) is 0.863. The van der Waals surface area contributed by atoms with E-state index in [9.17, 15) is 5.11 Å². The minimum Gasteiger partial charge on any atom is -0.391 e. The highest BCUT2D eigenvalue weighted by Gasteiger charge is 2.34. The normalized spacial score (nSPS) is 37.1. The van der Waals surface area contributed by atoms with Gasteiger partial charge in [-0.1, -0.05) is 13.3 Å². The average molecular weight is 294 g/mol. The van der Waals surface area contributed by atoms with Gasteiger partial charge in [0.1, 0.15) is 0 Å². The molecule has 1 saturated carbocycles. The van der Waals surface area contributed by atoms with E-state index in [-0.39, 0.29) is 6.10 Å². The summed E-state index contributed by atoms with van der Waals surface area (Å²) in [5, 5.41) is 10.4. The fraction of sp³-hybridized carbons (Fsp3) is 1.00. The van der Waals surface area contributed by atoms with Crippen LogP contribution in [0.3, 0.4) is 0 Å². The number of piperidine rings is 1. The minimum absolute atomic E-state index is 0.0667. The van der Waals surface area contributed by atoms with Crippen LogP contribution in [0.5, 0.6) is 0 Å². The van der Waals surface area contributed by atoms with Crippen molar-refractivity contribution in [2.45, 2.75) is 70.4 Å². The Hall–Kier alpha value is -0.120. The fourth-order valence-corrected chi connectivity index (χ4v) is 4.78. The van der Waals surface area contributed by atoms with Gasteiger partial charge in [0, 0.05) is 12.6 Å². The number of hydrogen-bond acceptors (Lipinski definition) is 3. The summed E-state index contributed by atoms with van der Waals surface area (Å²) in [6, 6.07) is 0.455. The van der Waals surface area contributed by atoms with E-state index in [1.165, 1.54) is 77.7 Å². The maximum Gasteiger partial charge on any atom is 0.0695 e. The SMILES string of the molecule is CCC1CCC(O)C(N2CCC(CN3CCCC3)CC2)C1. The summed E-state index contributed by atoms with van der Waals surface area (Å²) in [5.74, 6) is 1.75. The Kier molecular flexibility index (Phi) is 5.58. The Morgan fingerprint density at radius 2 is 1.62 bits per heavy atom. The monoisotopic (exact) mass is 294 g/mol. The maximum atomic E-state index is 10.4. The lowest BCUT2D eigenvalue weighted by Gasteiger charge is -2.44. The summed E-state index contributed by atoms with van der Waals surface area (Å²) in [6.45, 7) is 8.74. The molecule has 1 aliphatic carbocycles. The largest absolute Gasteiger partial charge is 0.391 e. The number of aliphatic hydroxyl groups excluding tert-OH is 1. The highest BCUT2D eigenvalue weighted by molar-refractivity contribution is 4.89. The minimum atomic E-state index is -0.0667. The lowest BCUT2D eigenvalue weighted by Crippen LogP contribution is -2.51. The van der Waals surface area contributed by atoms with Gasteiger partial charge in [-0.15, -0.1) is 0 Å². The van der Waals surface area contributed by atoms with Crippen LogP contribution in [0.1, 0.15) is 58.3 Å². The first-order chi connectivity index (χ1) is 10.3. The third kappa shape index (κ3) is 4.00. The van der Waals surface area contributed by atoms with Gasteiger partial charge in [0.15, 0.2) is 0 Å². The van der Waals surface area contributed by atoms with Gasteiger partial charge >= 0.3 is 0 Å². The molecular weight excluding hydrogens is 260 g/mol. The zero-order valence-corrected chi connectivity index (χ0v) is 13.8. The molecular formula is C18H34N2O. The second-order valence-electron chi connectivity index (χ2n) is 7.71. The molecule has 0 aromatic carbocycles. The summed E-state index contributed by atoms with van der Waals surface area (Å²) in [7, 11) is 0. The molecule has 0 amide bonds. The van der Waals surface area contributed by atoms with Crippen LogP contribution >= 0.6 is 0 Å². The van der Waals surface area contributed by atoms with Crippen molar-refractivity contribution >= 4 is 0 Å². The molecule has 21 heavy (non-hydrogen) atoms. The number of nitrogens with zero attached hydrogens (tertiary/aromatic N) is 2. The highest BCUT2D eigenvalue weighted by atomic mass is 16.3. The Bertz CT molecular complexity index is 308. The van der Waals surface area contributed by atoms with Crippen LogP contribution < -0.4 is 0 Å². The summed E-state index contributed by atoms with van der Waals surface area (Å²) in [4.78, 5) is 5.29. The van der Waals surface area contributed by atoms with Crippen molar-refractivity contribution in [3.63, 3.8) is 0 Å². The van der Waals surface area contributed by atoms with Crippen LogP contribution in [0.25, 0.3) is 0 Å². The van der Waals surface area contributed by atoms with Crippen molar-refractivity contribution in [1.29, 1.82) is 0 Å². The summed E-state index contributed by atoms with van der Waals surface area (Å²) in [5.41, 5.74) is 0. The molecule has 3 nitrogen and oxygen atoms in total. The van der Waals surface area contributed by atoms with Crippen molar-refractivity contribution in [3.8, 4) is 0 Å². The average Bonchev–Trinajstić information content (AvgIpc) is 3.02. The van der Waals surface area contributed by atoms with Crippen LogP contribution in [-0.2, 0) is 0 Å². The molecule has 2 saturated heterocycles. The molecule has 0 aromatic heterocycles. The molecule has 0 radical (unpaired) electrons. The first kappa shape index (κ1) is 15.8. The van der Waals surface area contributed by atoms with Crippen LogP contribution in [0.2, 0.25) is 0 Å². The molecule has 1 N–H and O–H groups in total. The van der Waals surface area contributed by atoms with E-state index >= 15 is 0 Å². The summed E-state index contributed by atoms with van der Waals surface area (Å²) < 4.78 is 0. The van der Waals surface area contributed by atoms with Gasteiger partial charge in [-0.3, -0.25) is 4.90 Å². The van der Waals surface area contributed by atoms with Gasteiger partial charge in [0.05, 0.1) is 6.10 Å². The van der Waals surface area contributed by atoms with E-state index in [1.54, 1.807) is 0 Å². The molecule has 2 heterocycles. The molecule has 3 atom stereocenters. The molecule has 3 fully saturated rings. The van der Waals surface area contributed by atoms with E-state index < -0.39 is 0 Å². The van der Waals surface area contributed by atoms with E-state index in [4.69, 9.17) is 0 Å². The molecule has 0 bridgehead atoms. The third-order valence-electron chi connectivity index (χ3n) is 6.30. The van der Waals surface area contributed by atoms with E-state index in [0.29, 0.717) is 6.04 Å². The van der Waals surface area contributed by atoms with Crippen molar-refractivity contribution in [1.82, 2.24) is 9.80 Å². The van der Waals surface area contributed by atoms with Crippen molar-refractivity contribution in [2.75, 3.05) is 32.7 Å². The second-order valence-corrected chi connectivity index (χ2v) is 7.71. The standard InChI is InChI=1S/C18H34N2O/c1-2-15-5-6-18(21)17(13-15)20-11-7-16(8-12-20)14-19-9-3-4-10-19/h15-18,21H,2-14H2,1H3. The molecule has 122 valence electrons. The molecule has 0 aromatic rings. The molecule has 3 heteroatoms.